The average Bonchev–Trinajstić information content (AvgIpc) is 2.71. The third kappa shape index (κ3) is 2.01. The molecule has 0 fully saturated rings. The summed E-state index contributed by atoms with van der Waals surface area (Å²) in [6.45, 7) is 6.24. The first-order valence-corrected chi connectivity index (χ1v) is 5.75. The van der Waals surface area contributed by atoms with Gasteiger partial charge in [0.15, 0.2) is 5.89 Å². The molecule has 0 bridgehead atoms. The fourth-order valence-corrected chi connectivity index (χ4v) is 1.77. The van der Waals surface area contributed by atoms with Gasteiger partial charge in [0.2, 0.25) is 0 Å². The van der Waals surface area contributed by atoms with E-state index in [0.29, 0.717) is 5.92 Å². The van der Waals surface area contributed by atoms with Gasteiger partial charge in [0.25, 0.3) is 0 Å². The van der Waals surface area contributed by atoms with Gasteiger partial charge in [-0.15, -0.1) is 0 Å². The second kappa shape index (κ2) is 4.52. The summed E-state index contributed by atoms with van der Waals surface area (Å²) in [6, 6.07) is 10.2. The number of benzene rings is 1. The van der Waals surface area contributed by atoms with Crippen LogP contribution in [0.15, 0.2) is 34.7 Å². The molecule has 1 atom stereocenters. The molecule has 0 radical (unpaired) electrons. The quantitative estimate of drug-likeness (QED) is 0.768. The second-order valence-corrected chi connectivity index (χ2v) is 4.12. The van der Waals surface area contributed by atoms with E-state index >= 15 is 0 Å². The van der Waals surface area contributed by atoms with Crippen molar-refractivity contribution in [2.24, 2.45) is 0 Å². The minimum atomic E-state index is 0.413. The van der Waals surface area contributed by atoms with Crippen molar-refractivity contribution in [3.05, 3.63) is 42.0 Å². The Bertz CT molecular complexity index is 459. The van der Waals surface area contributed by atoms with Crippen LogP contribution in [0.4, 0.5) is 0 Å². The molecule has 2 rings (SSSR count). The predicted octanol–water partition coefficient (Wildman–Crippen LogP) is 4.16. The van der Waals surface area contributed by atoms with Gasteiger partial charge in [-0.2, -0.15) is 0 Å². The van der Waals surface area contributed by atoms with Gasteiger partial charge in [-0.25, -0.2) is 4.98 Å². The Morgan fingerprint density at radius 1 is 1.25 bits per heavy atom. The zero-order valence-electron chi connectivity index (χ0n) is 10.0. The smallest absolute Gasteiger partial charge is 0.191 e. The summed E-state index contributed by atoms with van der Waals surface area (Å²) in [7, 11) is 0. The molecule has 2 aromatic rings. The summed E-state index contributed by atoms with van der Waals surface area (Å²) >= 11 is 0. The number of oxazole rings is 1. The lowest BCUT2D eigenvalue weighted by Crippen LogP contribution is -1.92. The van der Waals surface area contributed by atoms with E-state index in [2.05, 4.69) is 31.0 Å². The third-order valence-corrected chi connectivity index (χ3v) is 2.87. The Morgan fingerprint density at radius 2 is 1.94 bits per heavy atom. The minimum Gasteiger partial charge on any atom is -0.445 e. The molecule has 84 valence electrons. The molecule has 1 aromatic heterocycles. The van der Waals surface area contributed by atoms with Crippen LogP contribution in [0, 0.1) is 6.92 Å². The number of aromatic nitrogens is 1. The van der Waals surface area contributed by atoms with Crippen LogP contribution in [0.5, 0.6) is 0 Å². The zero-order chi connectivity index (χ0) is 11.5. The summed E-state index contributed by atoms with van der Waals surface area (Å²) in [6.07, 6.45) is 1.06. The molecule has 1 heterocycles. The number of rotatable bonds is 3. The standard InChI is InChI=1S/C14H17NO/c1-4-10(2)14-13(15-11(3)16-14)12-8-6-5-7-9-12/h5-10H,4H2,1-3H3. The number of hydrogen-bond acceptors (Lipinski definition) is 2. The highest BCUT2D eigenvalue weighted by molar-refractivity contribution is 5.61. The Morgan fingerprint density at radius 3 is 2.56 bits per heavy atom. The maximum absolute atomic E-state index is 5.71. The fraction of sp³-hybridized carbons (Fsp3) is 0.357. The van der Waals surface area contributed by atoms with E-state index in [0.717, 1.165) is 29.3 Å². The zero-order valence-corrected chi connectivity index (χ0v) is 10.0. The van der Waals surface area contributed by atoms with E-state index in [4.69, 9.17) is 4.42 Å². The van der Waals surface area contributed by atoms with Gasteiger partial charge in [0, 0.05) is 18.4 Å². The highest BCUT2D eigenvalue weighted by Crippen LogP contribution is 2.30. The van der Waals surface area contributed by atoms with E-state index in [-0.39, 0.29) is 0 Å². The first-order valence-electron chi connectivity index (χ1n) is 5.75. The molecule has 0 amide bonds. The van der Waals surface area contributed by atoms with Crippen molar-refractivity contribution in [2.45, 2.75) is 33.1 Å². The van der Waals surface area contributed by atoms with Gasteiger partial charge >= 0.3 is 0 Å². The molecule has 1 unspecified atom stereocenters. The summed E-state index contributed by atoms with van der Waals surface area (Å²) in [4.78, 5) is 4.48. The van der Waals surface area contributed by atoms with Gasteiger partial charge in [0.05, 0.1) is 0 Å². The summed E-state index contributed by atoms with van der Waals surface area (Å²) in [5.74, 6) is 2.16. The van der Waals surface area contributed by atoms with E-state index < -0.39 is 0 Å². The average molecular weight is 215 g/mol. The summed E-state index contributed by atoms with van der Waals surface area (Å²) in [5, 5.41) is 0. The highest BCUT2D eigenvalue weighted by Gasteiger charge is 2.17. The molecular formula is C14H17NO. The van der Waals surface area contributed by atoms with E-state index in [1.807, 2.05) is 25.1 Å². The van der Waals surface area contributed by atoms with Crippen molar-refractivity contribution in [2.75, 3.05) is 0 Å². The van der Waals surface area contributed by atoms with Crippen molar-refractivity contribution >= 4 is 0 Å². The van der Waals surface area contributed by atoms with Crippen LogP contribution in [0.2, 0.25) is 0 Å². The molecule has 2 heteroatoms. The summed E-state index contributed by atoms with van der Waals surface area (Å²) < 4.78 is 5.71. The number of nitrogens with zero attached hydrogens (tertiary/aromatic N) is 1. The Labute approximate surface area is 96.3 Å². The van der Waals surface area contributed by atoms with Crippen LogP contribution < -0.4 is 0 Å². The maximum Gasteiger partial charge on any atom is 0.191 e. The lowest BCUT2D eigenvalue weighted by molar-refractivity contribution is 0.444. The molecule has 0 aliphatic carbocycles. The molecule has 0 aliphatic rings. The van der Waals surface area contributed by atoms with Gasteiger partial charge in [-0.05, 0) is 6.42 Å². The van der Waals surface area contributed by atoms with Gasteiger partial charge < -0.3 is 4.42 Å². The molecule has 0 aliphatic heterocycles. The van der Waals surface area contributed by atoms with Crippen LogP contribution >= 0.6 is 0 Å². The molecule has 1 aromatic carbocycles. The SMILES string of the molecule is CCC(C)c1oc(C)nc1-c1ccccc1. The van der Waals surface area contributed by atoms with Crippen molar-refractivity contribution in [3.8, 4) is 11.3 Å². The Balaban J connectivity index is 2.48. The lowest BCUT2D eigenvalue weighted by Gasteiger charge is -2.06. The topological polar surface area (TPSA) is 26.0 Å². The predicted molar refractivity (Wildman–Crippen MR) is 65.4 cm³/mol. The normalized spacial score (nSPS) is 12.7. The van der Waals surface area contributed by atoms with Crippen LogP contribution in [-0.4, -0.2) is 4.98 Å². The number of hydrogen-bond donors (Lipinski definition) is 0. The monoisotopic (exact) mass is 215 g/mol. The van der Waals surface area contributed by atoms with Crippen molar-refractivity contribution in [1.82, 2.24) is 4.98 Å². The van der Waals surface area contributed by atoms with Gasteiger partial charge in [0.1, 0.15) is 11.5 Å². The maximum atomic E-state index is 5.71. The van der Waals surface area contributed by atoms with Crippen LogP contribution in [0.3, 0.4) is 0 Å². The second-order valence-electron chi connectivity index (χ2n) is 4.12. The first kappa shape index (κ1) is 10.9. The van der Waals surface area contributed by atoms with Gasteiger partial charge in [-0.1, -0.05) is 44.2 Å². The highest BCUT2D eigenvalue weighted by atomic mass is 16.4. The molecule has 0 saturated heterocycles. The molecule has 16 heavy (non-hydrogen) atoms. The Hall–Kier alpha value is -1.57. The molecule has 0 spiro atoms. The number of aryl methyl sites for hydroxylation is 1. The van der Waals surface area contributed by atoms with E-state index in [1.165, 1.54) is 0 Å². The lowest BCUT2D eigenvalue weighted by atomic mass is 10.0. The fourth-order valence-electron chi connectivity index (χ4n) is 1.77. The molecule has 2 nitrogen and oxygen atoms in total. The third-order valence-electron chi connectivity index (χ3n) is 2.87. The molecule has 0 N–H and O–H groups in total. The first-order chi connectivity index (χ1) is 7.72. The summed E-state index contributed by atoms with van der Waals surface area (Å²) in [5.41, 5.74) is 2.13. The van der Waals surface area contributed by atoms with Crippen molar-refractivity contribution in [3.63, 3.8) is 0 Å². The largest absolute Gasteiger partial charge is 0.445 e. The minimum absolute atomic E-state index is 0.413. The van der Waals surface area contributed by atoms with Crippen LogP contribution in [0.25, 0.3) is 11.3 Å². The Kier molecular flexibility index (Phi) is 3.09. The van der Waals surface area contributed by atoms with Gasteiger partial charge in [-0.3, -0.25) is 0 Å². The van der Waals surface area contributed by atoms with Crippen molar-refractivity contribution < 1.29 is 4.42 Å². The van der Waals surface area contributed by atoms with E-state index in [1.54, 1.807) is 0 Å². The molecular weight excluding hydrogens is 198 g/mol. The van der Waals surface area contributed by atoms with Crippen LogP contribution in [0.1, 0.15) is 37.8 Å². The van der Waals surface area contributed by atoms with Crippen molar-refractivity contribution in [1.29, 1.82) is 0 Å². The van der Waals surface area contributed by atoms with Crippen LogP contribution in [-0.2, 0) is 0 Å². The molecule has 0 saturated carbocycles. The van der Waals surface area contributed by atoms with E-state index in [9.17, 15) is 0 Å².